The molecule has 0 aromatic rings. The molecular formula is C11H23NO2. The Bertz CT molecular complexity index is 169. The van der Waals surface area contributed by atoms with Crippen molar-refractivity contribution in [3.8, 4) is 0 Å². The second kappa shape index (κ2) is 5.10. The monoisotopic (exact) mass is 201 g/mol. The molecule has 1 aliphatic heterocycles. The van der Waals surface area contributed by atoms with E-state index in [1.165, 1.54) is 0 Å². The molecule has 0 radical (unpaired) electrons. The third kappa shape index (κ3) is 4.40. The molecule has 3 heteroatoms. The molecule has 0 saturated carbocycles. The van der Waals surface area contributed by atoms with E-state index in [0.717, 1.165) is 26.0 Å². The molecule has 84 valence electrons. The van der Waals surface area contributed by atoms with Gasteiger partial charge in [0.2, 0.25) is 0 Å². The molecule has 1 heterocycles. The van der Waals surface area contributed by atoms with Crippen LogP contribution < -0.4 is 5.48 Å². The fourth-order valence-electron chi connectivity index (χ4n) is 1.60. The van der Waals surface area contributed by atoms with Crippen LogP contribution in [-0.2, 0) is 9.57 Å². The summed E-state index contributed by atoms with van der Waals surface area (Å²) in [6.07, 6.45) is 2.59. The predicted octanol–water partition coefficient (Wildman–Crippen LogP) is 2.12. The zero-order valence-corrected chi connectivity index (χ0v) is 9.80. The Morgan fingerprint density at radius 1 is 1.50 bits per heavy atom. The van der Waals surface area contributed by atoms with Crippen molar-refractivity contribution < 1.29 is 9.57 Å². The lowest BCUT2D eigenvalue weighted by Crippen LogP contribution is -2.30. The van der Waals surface area contributed by atoms with Gasteiger partial charge in [0.05, 0.1) is 18.3 Å². The highest BCUT2D eigenvalue weighted by atomic mass is 16.6. The number of hydroxylamine groups is 1. The van der Waals surface area contributed by atoms with Gasteiger partial charge in [-0.3, -0.25) is 0 Å². The Morgan fingerprint density at radius 2 is 2.21 bits per heavy atom. The average molecular weight is 201 g/mol. The molecule has 0 aromatic carbocycles. The van der Waals surface area contributed by atoms with E-state index in [9.17, 15) is 0 Å². The van der Waals surface area contributed by atoms with E-state index < -0.39 is 0 Å². The van der Waals surface area contributed by atoms with Crippen LogP contribution in [0.3, 0.4) is 0 Å². The largest absolute Gasteiger partial charge is 0.371 e. The SMILES string of the molecule is CC(C)CONCC1CCC(C)(C)O1. The van der Waals surface area contributed by atoms with E-state index >= 15 is 0 Å². The van der Waals surface area contributed by atoms with Crippen molar-refractivity contribution in [1.29, 1.82) is 0 Å². The van der Waals surface area contributed by atoms with E-state index in [4.69, 9.17) is 9.57 Å². The van der Waals surface area contributed by atoms with Crippen molar-refractivity contribution in [3.63, 3.8) is 0 Å². The molecule has 1 rings (SSSR count). The van der Waals surface area contributed by atoms with Crippen LogP contribution in [0.4, 0.5) is 0 Å². The highest BCUT2D eigenvalue weighted by Gasteiger charge is 2.31. The van der Waals surface area contributed by atoms with Crippen LogP contribution in [0.25, 0.3) is 0 Å². The molecule has 0 aromatic heterocycles. The molecule has 1 aliphatic rings. The molecule has 1 atom stereocenters. The summed E-state index contributed by atoms with van der Waals surface area (Å²) in [6.45, 7) is 10.1. The molecule has 0 amide bonds. The molecule has 1 N–H and O–H groups in total. The van der Waals surface area contributed by atoms with E-state index in [2.05, 4.69) is 33.2 Å². The van der Waals surface area contributed by atoms with Crippen molar-refractivity contribution in [2.24, 2.45) is 5.92 Å². The summed E-state index contributed by atoms with van der Waals surface area (Å²) in [5, 5.41) is 0. The third-order valence-corrected chi connectivity index (χ3v) is 2.38. The number of hydrogen-bond donors (Lipinski definition) is 1. The lowest BCUT2D eigenvalue weighted by Gasteiger charge is -2.19. The van der Waals surface area contributed by atoms with Crippen LogP contribution in [0.15, 0.2) is 0 Å². The molecule has 0 bridgehead atoms. The lowest BCUT2D eigenvalue weighted by atomic mass is 10.1. The van der Waals surface area contributed by atoms with Crippen LogP contribution in [0.5, 0.6) is 0 Å². The van der Waals surface area contributed by atoms with Crippen molar-refractivity contribution >= 4 is 0 Å². The first kappa shape index (κ1) is 12.0. The summed E-state index contributed by atoms with van der Waals surface area (Å²) in [5.74, 6) is 0.573. The first-order valence-electron chi connectivity index (χ1n) is 5.52. The van der Waals surface area contributed by atoms with Gasteiger partial charge >= 0.3 is 0 Å². The topological polar surface area (TPSA) is 30.5 Å². The first-order chi connectivity index (χ1) is 6.49. The van der Waals surface area contributed by atoms with Crippen LogP contribution in [0.1, 0.15) is 40.5 Å². The van der Waals surface area contributed by atoms with Gasteiger partial charge in [0.15, 0.2) is 0 Å². The van der Waals surface area contributed by atoms with Crippen molar-refractivity contribution in [2.75, 3.05) is 13.2 Å². The molecular weight excluding hydrogens is 178 g/mol. The molecule has 3 nitrogen and oxygen atoms in total. The van der Waals surface area contributed by atoms with Gasteiger partial charge < -0.3 is 9.57 Å². The average Bonchev–Trinajstić information content (AvgIpc) is 2.39. The van der Waals surface area contributed by atoms with Crippen LogP contribution in [-0.4, -0.2) is 24.9 Å². The normalized spacial score (nSPS) is 25.9. The van der Waals surface area contributed by atoms with Gasteiger partial charge in [-0.25, -0.2) is 0 Å². The Balaban J connectivity index is 2.03. The fourth-order valence-corrected chi connectivity index (χ4v) is 1.60. The number of rotatable bonds is 5. The molecule has 1 saturated heterocycles. The Labute approximate surface area is 87.1 Å². The summed E-state index contributed by atoms with van der Waals surface area (Å²) in [4.78, 5) is 5.30. The van der Waals surface area contributed by atoms with E-state index in [1.807, 2.05) is 0 Å². The zero-order chi connectivity index (χ0) is 10.6. The standard InChI is InChI=1S/C11H23NO2/c1-9(2)8-13-12-7-10-5-6-11(3,4)14-10/h9-10,12H,5-8H2,1-4H3. The molecule has 14 heavy (non-hydrogen) atoms. The minimum atomic E-state index is 0.0599. The van der Waals surface area contributed by atoms with Gasteiger partial charge in [0.25, 0.3) is 0 Å². The molecule has 1 fully saturated rings. The van der Waals surface area contributed by atoms with Crippen LogP contribution in [0.2, 0.25) is 0 Å². The summed E-state index contributed by atoms with van der Waals surface area (Å²) in [6, 6.07) is 0. The second-order valence-corrected chi connectivity index (χ2v) is 5.09. The summed E-state index contributed by atoms with van der Waals surface area (Å²) in [5.41, 5.74) is 3.03. The number of ether oxygens (including phenoxy) is 1. The first-order valence-corrected chi connectivity index (χ1v) is 5.52. The van der Waals surface area contributed by atoms with Gasteiger partial charge in [0, 0.05) is 6.54 Å². The van der Waals surface area contributed by atoms with Gasteiger partial charge in [-0.2, -0.15) is 5.48 Å². The lowest BCUT2D eigenvalue weighted by molar-refractivity contribution is -0.0472. The Hall–Kier alpha value is -0.120. The maximum atomic E-state index is 5.81. The molecule has 0 spiro atoms. The fraction of sp³-hybridized carbons (Fsp3) is 1.00. The number of hydrogen-bond acceptors (Lipinski definition) is 3. The van der Waals surface area contributed by atoms with E-state index in [0.29, 0.717) is 12.0 Å². The maximum Gasteiger partial charge on any atom is 0.0731 e. The maximum absolute atomic E-state index is 5.81. The smallest absolute Gasteiger partial charge is 0.0731 e. The Kier molecular flexibility index (Phi) is 4.35. The summed E-state index contributed by atoms with van der Waals surface area (Å²) < 4.78 is 5.81. The highest BCUT2D eigenvalue weighted by molar-refractivity contribution is 4.81. The molecule has 1 unspecified atom stereocenters. The van der Waals surface area contributed by atoms with Gasteiger partial charge in [-0.15, -0.1) is 0 Å². The predicted molar refractivity (Wildman–Crippen MR) is 57.0 cm³/mol. The highest BCUT2D eigenvalue weighted by Crippen LogP contribution is 2.28. The van der Waals surface area contributed by atoms with Crippen molar-refractivity contribution in [1.82, 2.24) is 5.48 Å². The van der Waals surface area contributed by atoms with E-state index in [-0.39, 0.29) is 5.60 Å². The van der Waals surface area contributed by atoms with Gasteiger partial charge in [-0.1, -0.05) is 13.8 Å². The molecule has 0 aliphatic carbocycles. The summed E-state index contributed by atoms with van der Waals surface area (Å²) >= 11 is 0. The van der Waals surface area contributed by atoms with Gasteiger partial charge in [-0.05, 0) is 32.6 Å². The van der Waals surface area contributed by atoms with Crippen molar-refractivity contribution in [2.45, 2.75) is 52.2 Å². The Morgan fingerprint density at radius 3 is 2.71 bits per heavy atom. The van der Waals surface area contributed by atoms with Crippen molar-refractivity contribution in [3.05, 3.63) is 0 Å². The zero-order valence-electron chi connectivity index (χ0n) is 9.80. The second-order valence-electron chi connectivity index (χ2n) is 5.09. The quantitative estimate of drug-likeness (QED) is 0.546. The minimum absolute atomic E-state index is 0.0599. The number of nitrogens with one attached hydrogen (secondary N) is 1. The van der Waals surface area contributed by atoms with Crippen LogP contribution >= 0.6 is 0 Å². The van der Waals surface area contributed by atoms with Crippen LogP contribution in [0, 0.1) is 5.92 Å². The van der Waals surface area contributed by atoms with E-state index in [1.54, 1.807) is 0 Å². The minimum Gasteiger partial charge on any atom is -0.371 e. The third-order valence-electron chi connectivity index (χ3n) is 2.38. The summed E-state index contributed by atoms with van der Waals surface area (Å²) in [7, 11) is 0. The van der Waals surface area contributed by atoms with Gasteiger partial charge in [0.1, 0.15) is 0 Å².